The molecule has 2 atom stereocenters. The summed E-state index contributed by atoms with van der Waals surface area (Å²) in [7, 11) is 4.07. The third kappa shape index (κ3) is 3.07. The normalized spacial score (nSPS) is 24.8. The fourth-order valence-electron chi connectivity index (χ4n) is 3.62. The van der Waals surface area contributed by atoms with Gasteiger partial charge >= 0.3 is 0 Å². The number of hydrogen-bond donors (Lipinski definition) is 0. The second-order valence-electron chi connectivity index (χ2n) is 7.22. The molecule has 0 radical (unpaired) electrons. The highest BCUT2D eigenvalue weighted by atomic mass is 19.1. The van der Waals surface area contributed by atoms with Gasteiger partial charge in [0.2, 0.25) is 0 Å². The summed E-state index contributed by atoms with van der Waals surface area (Å²) >= 11 is 0. The van der Waals surface area contributed by atoms with Gasteiger partial charge in [-0.3, -0.25) is 0 Å². The number of oxime groups is 1. The molecule has 2 aromatic rings. The van der Waals surface area contributed by atoms with Gasteiger partial charge in [0.1, 0.15) is 23.8 Å². The van der Waals surface area contributed by atoms with Crippen LogP contribution in [0, 0.1) is 11.7 Å². The van der Waals surface area contributed by atoms with Crippen molar-refractivity contribution in [1.82, 2.24) is 4.90 Å². The Morgan fingerprint density at radius 2 is 2.04 bits per heavy atom. The maximum atomic E-state index is 13.8. The molecule has 2 aromatic carbocycles. The molecule has 4 nitrogen and oxygen atoms in total. The van der Waals surface area contributed by atoms with Crippen LogP contribution >= 0.6 is 0 Å². The van der Waals surface area contributed by atoms with E-state index in [-0.39, 0.29) is 11.7 Å². The van der Waals surface area contributed by atoms with E-state index in [2.05, 4.69) is 22.2 Å². The monoisotopic (exact) mass is 354 g/mol. The molecular weight excluding hydrogens is 331 g/mol. The lowest BCUT2D eigenvalue weighted by molar-refractivity contribution is 0.129. The fraction of sp³-hybridized carbons (Fsp3) is 0.381. The molecule has 0 N–H and O–H groups in total. The summed E-state index contributed by atoms with van der Waals surface area (Å²) < 4.78 is 20.0. The van der Waals surface area contributed by atoms with Gasteiger partial charge in [-0.05, 0) is 38.2 Å². The van der Waals surface area contributed by atoms with Crippen LogP contribution in [0.25, 0.3) is 0 Å². The third-order valence-corrected chi connectivity index (χ3v) is 5.02. The lowest BCUT2D eigenvalue weighted by Crippen LogP contribution is -2.28. The summed E-state index contributed by atoms with van der Waals surface area (Å²) in [6.45, 7) is 1.51. The summed E-state index contributed by atoms with van der Waals surface area (Å²) in [6, 6.07) is 14.7. The van der Waals surface area contributed by atoms with Crippen LogP contribution in [-0.4, -0.2) is 37.9 Å². The Balaban J connectivity index is 1.61. The Hall–Kier alpha value is -2.40. The van der Waals surface area contributed by atoms with E-state index in [1.807, 2.05) is 32.3 Å². The number of halogens is 1. The SMILES string of the molecule is CN(C)CCCON=C1c2ccc(F)cc2OC2(c3ccccc3)CC12. The number of rotatable bonds is 6. The number of hydrogen-bond acceptors (Lipinski definition) is 4. The number of nitrogens with zero attached hydrogens (tertiary/aromatic N) is 2. The van der Waals surface area contributed by atoms with E-state index in [4.69, 9.17) is 9.57 Å². The second-order valence-corrected chi connectivity index (χ2v) is 7.22. The topological polar surface area (TPSA) is 34.1 Å². The largest absolute Gasteiger partial charge is 0.481 e. The minimum Gasteiger partial charge on any atom is -0.481 e. The van der Waals surface area contributed by atoms with Crippen LogP contribution in [0.5, 0.6) is 5.75 Å². The highest BCUT2D eigenvalue weighted by molar-refractivity contribution is 6.08. The predicted molar refractivity (Wildman–Crippen MR) is 98.9 cm³/mol. The van der Waals surface area contributed by atoms with Crippen molar-refractivity contribution in [2.24, 2.45) is 11.1 Å². The van der Waals surface area contributed by atoms with Crippen LogP contribution in [0.1, 0.15) is 24.0 Å². The molecule has 2 aliphatic rings. The van der Waals surface area contributed by atoms with Crippen LogP contribution in [0.2, 0.25) is 0 Å². The molecule has 1 aliphatic carbocycles. The Kier molecular flexibility index (Phi) is 4.41. The first-order valence-electron chi connectivity index (χ1n) is 8.99. The molecule has 0 amide bonds. The molecule has 1 heterocycles. The van der Waals surface area contributed by atoms with Gasteiger partial charge in [-0.2, -0.15) is 0 Å². The molecule has 5 heteroatoms. The summed E-state index contributed by atoms with van der Waals surface area (Å²) in [5.41, 5.74) is 2.33. The molecular formula is C21H23FN2O2. The van der Waals surface area contributed by atoms with E-state index in [0.29, 0.717) is 12.4 Å². The van der Waals surface area contributed by atoms with E-state index in [9.17, 15) is 4.39 Å². The molecule has 2 unspecified atom stereocenters. The van der Waals surface area contributed by atoms with Crippen LogP contribution in [0.3, 0.4) is 0 Å². The van der Waals surface area contributed by atoms with Crippen molar-refractivity contribution in [3.05, 3.63) is 65.5 Å². The minimum absolute atomic E-state index is 0.136. The van der Waals surface area contributed by atoms with Crippen molar-refractivity contribution in [1.29, 1.82) is 0 Å². The summed E-state index contributed by atoms with van der Waals surface area (Å²) in [6.07, 6.45) is 1.73. The van der Waals surface area contributed by atoms with Crippen molar-refractivity contribution >= 4 is 5.71 Å². The first-order chi connectivity index (χ1) is 12.6. The molecule has 1 aliphatic heterocycles. The standard InChI is InChI=1S/C21H23FN2O2/c1-24(2)11-6-12-25-23-20-17-10-9-16(22)13-19(17)26-21(14-18(20)21)15-7-4-3-5-8-15/h3-5,7-10,13,18H,6,11-12,14H2,1-2H3. The molecule has 4 rings (SSSR count). The smallest absolute Gasteiger partial charge is 0.143 e. The first-order valence-corrected chi connectivity index (χ1v) is 8.99. The molecule has 26 heavy (non-hydrogen) atoms. The Morgan fingerprint density at radius 3 is 2.81 bits per heavy atom. The van der Waals surface area contributed by atoms with Gasteiger partial charge in [-0.25, -0.2) is 4.39 Å². The van der Waals surface area contributed by atoms with Crippen molar-refractivity contribution in [2.75, 3.05) is 27.2 Å². The van der Waals surface area contributed by atoms with Crippen LogP contribution in [0.15, 0.2) is 53.7 Å². The molecule has 0 bridgehead atoms. The number of fused-ring (bicyclic) bond motifs is 2. The quantitative estimate of drug-likeness (QED) is 0.584. The number of benzene rings is 2. The van der Waals surface area contributed by atoms with E-state index in [1.165, 1.54) is 12.1 Å². The Bertz CT molecular complexity index is 822. The second kappa shape index (κ2) is 6.72. The van der Waals surface area contributed by atoms with E-state index in [1.54, 1.807) is 6.07 Å². The van der Waals surface area contributed by atoms with Crippen LogP contribution < -0.4 is 4.74 Å². The highest BCUT2D eigenvalue weighted by Crippen LogP contribution is 2.60. The fourth-order valence-corrected chi connectivity index (χ4v) is 3.62. The average Bonchev–Trinajstić information content (AvgIpc) is 3.36. The van der Waals surface area contributed by atoms with Gasteiger partial charge in [-0.15, -0.1) is 0 Å². The average molecular weight is 354 g/mol. The minimum atomic E-state index is -0.451. The molecule has 1 fully saturated rings. The highest BCUT2D eigenvalue weighted by Gasteiger charge is 2.64. The van der Waals surface area contributed by atoms with E-state index in [0.717, 1.165) is 36.2 Å². The lowest BCUT2D eigenvalue weighted by atomic mass is 9.95. The van der Waals surface area contributed by atoms with Crippen LogP contribution in [0.4, 0.5) is 4.39 Å². The summed E-state index contributed by atoms with van der Waals surface area (Å²) in [5.74, 6) is 0.368. The van der Waals surface area contributed by atoms with Crippen molar-refractivity contribution in [2.45, 2.75) is 18.4 Å². The molecule has 0 spiro atoms. The third-order valence-electron chi connectivity index (χ3n) is 5.02. The predicted octanol–water partition coefficient (Wildman–Crippen LogP) is 3.81. The van der Waals surface area contributed by atoms with E-state index >= 15 is 0 Å². The zero-order valence-corrected chi connectivity index (χ0v) is 15.1. The van der Waals surface area contributed by atoms with Crippen molar-refractivity contribution < 1.29 is 14.0 Å². The van der Waals surface area contributed by atoms with Gasteiger partial charge in [-0.1, -0.05) is 35.5 Å². The maximum absolute atomic E-state index is 13.8. The van der Waals surface area contributed by atoms with Gasteiger partial charge in [0.15, 0.2) is 0 Å². The van der Waals surface area contributed by atoms with Gasteiger partial charge in [0, 0.05) is 24.6 Å². The Labute approximate surface area is 153 Å². The molecule has 0 aromatic heterocycles. The van der Waals surface area contributed by atoms with Gasteiger partial charge < -0.3 is 14.5 Å². The zero-order chi connectivity index (χ0) is 18.1. The van der Waals surface area contributed by atoms with Crippen molar-refractivity contribution in [3.8, 4) is 5.75 Å². The van der Waals surface area contributed by atoms with Crippen molar-refractivity contribution in [3.63, 3.8) is 0 Å². The van der Waals surface area contributed by atoms with E-state index < -0.39 is 5.60 Å². The number of ether oxygens (including phenoxy) is 1. The molecule has 136 valence electrons. The first kappa shape index (κ1) is 17.0. The zero-order valence-electron chi connectivity index (χ0n) is 15.1. The van der Waals surface area contributed by atoms with Crippen LogP contribution in [-0.2, 0) is 10.4 Å². The summed E-state index contributed by atoms with van der Waals surface area (Å²) in [4.78, 5) is 7.72. The summed E-state index contributed by atoms with van der Waals surface area (Å²) in [5, 5.41) is 4.44. The van der Waals surface area contributed by atoms with Gasteiger partial charge in [0.05, 0.1) is 11.6 Å². The Morgan fingerprint density at radius 1 is 1.23 bits per heavy atom. The maximum Gasteiger partial charge on any atom is 0.143 e. The van der Waals surface area contributed by atoms with Gasteiger partial charge in [0.25, 0.3) is 0 Å². The molecule has 1 saturated carbocycles. The molecule has 0 saturated heterocycles. The lowest BCUT2D eigenvalue weighted by Gasteiger charge is -2.27.